The molecule has 0 spiro atoms. The monoisotopic (exact) mass is 246 g/mol. The van der Waals surface area contributed by atoms with Crippen molar-refractivity contribution in [2.75, 3.05) is 0 Å². The Morgan fingerprint density at radius 1 is 1.50 bits per heavy atom. The van der Waals surface area contributed by atoms with Crippen LogP contribution in [0.15, 0.2) is 30.6 Å². The van der Waals surface area contributed by atoms with Crippen LogP contribution in [0.1, 0.15) is 26.1 Å². The van der Waals surface area contributed by atoms with Crippen LogP contribution in [0, 0.1) is 0 Å². The van der Waals surface area contributed by atoms with Crippen molar-refractivity contribution in [1.82, 2.24) is 20.0 Å². The van der Waals surface area contributed by atoms with Gasteiger partial charge in [-0.3, -0.25) is 0 Å². The summed E-state index contributed by atoms with van der Waals surface area (Å²) in [6.45, 7) is 4.43. The molecule has 2 heterocycles. The van der Waals surface area contributed by atoms with E-state index in [1.165, 1.54) is 0 Å². The Kier molecular flexibility index (Phi) is 3.82. The number of carbonyl (C=O) groups is 1. The van der Waals surface area contributed by atoms with E-state index in [0.29, 0.717) is 6.54 Å². The first-order valence-corrected chi connectivity index (χ1v) is 6.16. The molecule has 2 rings (SSSR count). The maximum Gasteiger partial charge on any atom is 0.315 e. The van der Waals surface area contributed by atoms with E-state index in [4.69, 9.17) is 0 Å². The number of fused-ring (bicyclic) bond motifs is 1. The normalized spacial score (nSPS) is 12.3. The average molecular weight is 246 g/mol. The maximum atomic E-state index is 11.6. The lowest BCUT2D eigenvalue weighted by atomic mass is 10.3. The Labute approximate surface area is 106 Å². The van der Waals surface area contributed by atoms with Crippen LogP contribution in [-0.4, -0.2) is 21.5 Å². The van der Waals surface area contributed by atoms with Gasteiger partial charge >= 0.3 is 6.03 Å². The first kappa shape index (κ1) is 12.4. The highest BCUT2D eigenvalue weighted by molar-refractivity contribution is 5.74. The molecule has 2 aromatic rings. The first-order valence-electron chi connectivity index (χ1n) is 6.16. The summed E-state index contributed by atoms with van der Waals surface area (Å²) in [4.78, 5) is 15.9. The molecule has 2 aromatic heterocycles. The van der Waals surface area contributed by atoms with Gasteiger partial charge in [-0.2, -0.15) is 0 Å². The second-order valence-corrected chi connectivity index (χ2v) is 4.31. The van der Waals surface area contributed by atoms with Crippen LogP contribution in [0.2, 0.25) is 0 Å². The van der Waals surface area contributed by atoms with Gasteiger partial charge in [-0.1, -0.05) is 13.0 Å². The van der Waals surface area contributed by atoms with Crippen molar-refractivity contribution in [3.8, 4) is 0 Å². The van der Waals surface area contributed by atoms with Gasteiger partial charge in [0.05, 0.1) is 18.3 Å². The fourth-order valence-electron chi connectivity index (χ4n) is 1.67. The van der Waals surface area contributed by atoms with Crippen LogP contribution < -0.4 is 10.6 Å². The lowest BCUT2D eigenvalue weighted by Gasteiger charge is -2.12. The topological polar surface area (TPSA) is 58.4 Å². The molecule has 5 nitrogen and oxygen atoms in total. The molecule has 0 radical (unpaired) electrons. The molecule has 1 atom stereocenters. The van der Waals surface area contributed by atoms with Gasteiger partial charge in [0.25, 0.3) is 0 Å². The zero-order valence-corrected chi connectivity index (χ0v) is 10.7. The van der Waals surface area contributed by atoms with Crippen LogP contribution in [0.4, 0.5) is 4.79 Å². The number of rotatable bonds is 4. The standard InChI is InChI=1S/C13H18N4O/c1-3-10(2)16-13(18)15-9-12-14-8-11-6-4-5-7-17(11)12/h4-8,10H,3,9H2,1-2H3,(H2,15,16,18). The fraction of sp³-hybridized carbons (Fsp3) is 0.385. The molecular formula is C13H18N4O. The molecule has 0 aromatic carbocycles. The zero-order valence-electron chi connectivity index (χ0n) is 10.7. The lowest BCUT2D eigenvalue weighted by Crippen LogP contribution is -2.40. The number of imidazole rings is 1. The van der Waals surface area contributed by atoms with Gasteiger partial charge in [0.1, 0.15) is 5.82 Å². The van der Waals surface area contributed by atoms with Crippen LogP contribution in [0.5, 0.6) is 0 Å². The largest absolute Gasteiger partial charge is 0.336 e. The van der Waals surface area contributed by atoms with Gasteiger partial charge in [0, 0.05) is 12.2 Å². The summed E-state index contributed by atoms with van der Waals surface area (Å²) in [6.07, 6.45) is 4.65. The molecule has 0 aliphatic carbocycles. The Bertz CT molecular complexity index is 535. The minimum Gasteiger partial charge on any atom is -0.336 e. The van der Waals surface area contributed by atoms with Crippen LogP contribution in [-0.2, 0) is 6.54 Å². The van der Waals surface area contributed by atoms with E-state index in [9.17, 15) is 4.79 Å². The summed E-state index contributed by atoms with van der Waals surface area (Å²) < 4.78 is 1.96. The highest BCUT2D eigenvalue weighted by Gasteiger charge is 2.07. The summed E-state index contributed by atoms with van der Waals surface area (Å²) in [5.41, 5.74) is 1.02. The molecule has 0 bridgehead atoms. The summed E-state index contributed by atoms with van der Waals surface area (Å²) >= 11 is 0. The van der Waals surface area contributed by atoms with Crippen molar-refractivity contribution in [2.45, 2.75) is 32.9 Å². The highest BCUT2D eigenvalue weighted by Crippen LogP contribution is 2.05. The van der Waals surface area contributed by atoms with Gasteiger partial charge in [0.2, 0.25) is 0 Å². The van der Waals surface area contributed by atoms with Gasteiger partial charge in [-0.25, -0.2) is 9.78 Å². The van der Waals surface area contributed by atoms with Crippen LogP contribution in [0.25, 0.3) is 5.52 Å². The summed E-state index contributed by atoms with van der Waals surface area (Å²) in [7, 11) is 0. The number of amides is 2. The van der Waals surface area contributed by atoms with E-state index in [-0.39, 0.29) is 12.1 Å². The number of urea groups is 1. The third-order valence-electron chi connectivity index (χ3n) is 2.91. The van der Waals surface area contributed by atoms with Gasteiger partial charge in [-0.05, 0) is 25.5 Å². The van der Waals surface area contributed by atoms with Gasteiger partial charge in [0.15, 0.2) is 0 Å². The Balaban J connectivity index is 1.96. The van der Waals surface area contributed by atoms with Crippen molar-refractivity contribution in [1.29, 1.82) is 0 Å². The highest BCUT2D eigenvalue weighted by atomic mass is 16.2. The second-order valence-electron chi connectivity index (χ2n) is 4.31. The van der Waals surface area contributed by atoms with Gasteiger partial charge in [-0.15, -0.1) is 0 Å². The van der Waals surface area contributed by atoms with Crippen molar-refractivity contribution in [3.05, 3.63) is 36.4 Å². The molecule has 0 aliphatic heterocycles. The fourth-order valence-corrected chi connectivity index (χ4v) is 1.67. The molecule has 0 saturated heterocycles. The number of pyridine rings is 1. The molecule has 2 N–H and O–H groups in total. The third-order valence-corrected chi connectivity index (χ3v) is 2.91. The van der Waals surface area contributed by atoms with E-state index in [2.05, 4.69) is 15.6 Å². The van der Waals surface area contributed by atoms with Crippen molar-refractivity contribution < 1.29 is 4.79 Å². The summed E-state index contributed by atoms with van der Waals surface area (Å²) in [5.74, 6) is 0.824. The summed E-state index contributed by atoms with van der Waals surface area (Å²) in [6, 6.07) is 5.91. The van der Waals surface area contributed by atoms with E-state index >= 15 is 0 Å². The average Bonchev–Trinajstić information content (AvgIpc) is 2.79. The van der Waals surface area contributed by atoms with Crippen molar-refractivity contribution in [3.63, 3.8) is 0 Å². The zero-order chi connectivity index (χ0) is 13.0. The minimum atomic E-state index is -0.156. The quantitative estimate of drug-likeness (QED) is 0.866. The minimum absolute atomic E-state index is 0.156. The molecule has 96 valence electrons. The number of hydrogen-bond acceptors (Lipinski definition) is 2. The van der Waals surface area contributed by atoms with E-state index in [1.54, 1.807) is 6.20 Å². The predicted molar refractivity (Wildman–Crippen MR) is 70.3 cm³/mol. The Hall–Kier alpha value is -2.04. The first-order chi connectivity index (χ1) is 8.70. The number of aromatic nitrogens is 2. The molecule has 2 amide bonds. The van der Waals surface area contributed by atoms with E-state index in [0.717, 1.165) is 17.8 Å². The predicted octanol–water partition coefficient (Wildman–Crippen LogP) is 1.93. The molecule has 18 heavy (non-hydrogen) atoms. The number of hydrogen-bond donors (Lipinski definition) is 2. The van der Waals surface area contributed by atoms with E-state index < -0.39 is 0 Å². The Morgan fingerprint density at radius 2 is 2.33 bits per heavy atom. The van der Waals surface area contributed by atoms with E-state index in [1.807, 2.05) is 42.6 Å². The molecule has 1 unspecified atom stereocenters. The number of carbonyl (C=O) groups excluding carboxylic acids is 1. The van der Waals surface area contributed by atoms with Crippen LogP contribution in [0.3, 0.4) is 0 Å². The van der Waals surface area contributed by atoms with Crippen molar-refractivity contribution >= 4 is 11.5 Å². The second kappa shape index (κ2) is 5.53. The third kappa shape index (κ3) is 2.80. The molecule has 5 heteroatoms. The Morgan fingerprint density at radius 3 is 3.11 bits per heavy atom. The molecule has 0 saturated carbocycles. The summed E-state index contributed by atoms with van der Waals surface area (Å²) in [5, 5.41) is 5.66. The molecule has 0 fully saturated rings. The lowest BCUT2D eigenvalue weighted by molar-refractivity contribution is 0.237. The smallest absolute Gasteiger partial charge is 0.315 e. The number of nitrogens with zero attached hydrogens (tertiary/aromatic N) is 2. The number of nitrogens with one attached hydrogen (secondary N) is 2. The van der Waals surface area contributed by atoms with Crippen molar-refractivity contribution in [2.24, 2.45) is 0 Å². The van der Waals surface area contributed by atoms with Gasteiger partial charge < -0.3 is 15.0 Å². The van der Waals surface area contributed by atoms with Crippen LogP contribution >= 0.6 is 0 Å². The SMILES string of the molecule is CCC(C)NC(=O)NCc1ncc2ccccn12. The molecule has 0 aliphatic rings. The molecular weight excluding hydrogens is 228 g/mol. The maximum absolute atomic E-state index is 11.6.